The van der Waals surface area contributed by atoms with Crippen molar-refractivity contribution in [1.82, 2.24) is 10.6 Å². The van der Waals surface area contributed by atoms with Crippen molar-refractivity contribution in [3.63, 3.8) is 0 Å². The number of hydrogen-bond donors (Lipinski definition) is 3. The summed E-state index contributed by atoms with van der Waals surface area (Å²) in [5.41, 5.74) is 1.06. The Kier molecular flexibility index (Phi) is 5.25. The van der Waals surface area contributed by atoms with E-state index in [0.717, 1.165) is 37.4 Å². The summed E-state index contributed by atoms with van der Waals surface area (Å²) in [6.07, 6.45) is 5.59. The van der Waals surface area contributed by atoms with Gasteiger partial charge < -0.3 is 25.4 Å². The summed E-state index contributed by atoms with van der Waals surface area (Å²) in [7, 11) is 1.67. The average Bonchev–Trinajstić information content (AvgIpc) is 3.24. The van der Waals surface area contributed by atoms with E-state index >= 15 is 0 Å². The van der Waals surface area contributed by atoms with Crippen molar-refractivity contribution < 1.29 is 14.6 Å². The number of amides is 2. The number of ether oxygens (including phenoxy) is 1. The fraction of sp³-hybridized carbons (Fsp3) is 0.500. The first-order valence-electron chi connectivity index (χ1n) is 8.43. The third kappa shape index (κ3) is 3.82. The van der Waals surface area contributed by atoms with Crippen molar-refractivity contribution in [2.45, 2.75) is 24.9 Å². The number of urea groups is 1. The van der Waals surface area contributed by atoms with Gasteiger partial charge in [-0.05, 0) is 25.0 Å². The first-order valence-corrected chi connectivity index (χ1v) is 8.43. The number of para-hydroxylation sites is 2. The van der Waals surface area contributed by atoms with Gasteiger partial charge in [0.15, 0.2) is 0 Å². The zero-order valence-corrected chi connectivity index (χ0v) is 13.9. The third-order valence-corrected chi connectivity index (χ3v) is 4.67. The Morgan fingerprint density at radius 3 is 2.92 bits per heavy atom. The Labute approximate surface area is 142 Å². The third-order valence-electron chi connectivity index (χ3n) is 4.67. The summed E-state index contributed by atoms with van der Waals surface area (Å²) in [4.78, 5) is 14.4. The lowest BCUT2D eigenvalue weighted by Gasteiger charge is -2.22. The number of benzene rings is 1. The molecular weight excluding hydrogens is 306 g/mol. The number of aliphatic hydroxyl groups is 1. The molecule has 0 aromatic heterocycles. The minimum Gasteiger partial charge on any atom is -0.495 e. The number of nitrogens with one attached hydrogen (secondary N) is 2. The molecule has 3 atom stereocenters. The molecule has 2 aliphatic rings. The molecule has 6 nitrogen and oxygen atoms in total. The van der Waals surface area contributed by atoms with Gasteiger partial charge in [0, 0.05) is 37.7 Å². The Bertz CT molecular complexity index is 605. The van der Waals surface area contributed by atoms with Gasteiger partial charge in [-0.15, -0.1) is 0 Å². The number of carbonyl (C=O) groups excluding carboxylic acids is 1. The van der Waals surface area contributed by atoms with E-state index in [4.69, 9.17) is 9.84 Å². The van der Waals surface area contributed by atoms with Crippen molar-refractivity contribution >= 4 is 11.7 Å². The molecule has 0 unspecified atom stereocenters. The average molecular weight is 331 g/mol. The van der Waals surface area contributed by atoms with Crippen LogP contribution in [-0.2, 0) is 0 Å². The summed E-state index contributed by atoms with van der Waals surface area (Å²) in [6.45, 7) is 1.79. The lowest BCUT2D eigenvalue weighted by Crippen LogP contribution is -2.46. The molecule has 3 rings (SSSR count). The second kappa shape index (κ2) is 7.57. The molecule has 1 aliphatic carbocycles. The fourth-order valence-corrected chi connectivity index (χ4v) is 3.40. The smallest absolute Gasteiger partial charge is 0.315 e. The molecule has 0 radical (unpaired) electrons. The van der Waals surface area contributed by atoms with Crippen LogP contribution >= 0.6 is 0 Å². The van der Waals surface area contributed by atoms with Crippen molar-refractivity contribution in [2.24, 2.45) is 5.92 Å². The van der Waals surface area contributed by atoms with Crippen LogP contribution in [0.3, 0.4) is 0 Å². The summed E-state index contributed by atoms with van der Waals surface area (Å²) >= 11 is 0. The number of nitrogens with zero attached hydrogens (tertiary/aromatic N) is 1. The maximum absolute atomic E-state index is 12.2. The summed E-state index contributed by atoms with van der Waals surface area (Å²) < 4.78 is 5.41. The van der Waals surface area contributed by atoms with Crippen LogP contribution in [-0.4, -0.2) is 50.0 Å². The quantitative estimate of drug-likeness (QED) is 0.715. The topological polar surface area (TPSA) is 73.8 Å². The van der Waals surface area contributed by atoms with E-state index in [1.807, 2.05) is 36.4 Å². The van der Waals surface area contributed by atoms with Gasteiger partial charge in [0.25, 0.3) is 0 Å². The highest BCUT2D eigenvalue weighted by Crippen LogP contribution is 2.30. The van der Waals surface area contributed by atoms with Crippen LogP contribution in [0.5, 0.6) is 5.75 Å². The molecule has 1 aliphatic heterocycles. The van der Waals surface area contributed by atoms with Crippen LogP contribution in [0.4, 0.5) is 10.5 Å². The van der Waals surface area contributed by atoms with Gasteiger partial charge in [-0.1, -0.05) is 24.3 Å². The van der Waals surface area contributed by atoms with Gasteiger partial charge in [-0.25, -0.2) is 4.79 Å². The van der Waals surface area contributed by atoms with E-state index < -0.39 is 0 Å². The molecule has 1 saturated heterocycles. The molecule has 0 saturated carbocycles. The van der Waals surface area contributed by atoms with Crippen LogP contribution in [0.2, 0.25) is 0 Å². The number of hydrogen-bond acceptors (Lipinski definition) is 4. The molecule has 2 amide bonds. The van der Waals surface area contributed by atoms with Crippen molar-refractivity contribution in [2.75, 3.05) is 31.7 Å². The van der Waals surface area contributed by atoms with Gasteiger partial charge in [-0.2, -0.15) is 0 Å². The summed E-state index contributed by atoms with van der Waals surface area (Å²) in [6, 6.07) is 7.93. The Hall–Kier alpha value is -2.21. The standard InChI is InChI=1S/C18H25N3O3/c1-24-17-5-3-2-4-16(17)21-9-8-15(11-21)20-18(23)19-14-7-6-13(10-14)12-22/h2-7,13-15,22H,8-12H2,1H3,(H2,19,20,23)/t13-,14+,15-/m0/s1. The molecule has 3 N–H and O–H groups in total. The van der Waals surface area contributed by atoms with Crippen LogP contribution < -0.4 is 20.3 Å². The minimum absolute atomic E-state index is 0.00822. The second-order valence-corrected chi connectivity index (χ2v) is 6.39. The first kappa shape index (κ1) is 16.6. The largest absolute Gasteiger partial charge is 0.495 e. The molecule has 0 spiro atoms. The van der Waals surface area contributed by atoms with Crippen molar-refractivity contribution in [3.8, 4) is 5.75 Å². The normalized spacial score (nSPS) is 25.8. The Morgan fingerprint density at radius 2 is 2.17 bits per heavy atom. The molecule has 0 bridgehead atoms. The van der Waals surface area contributed by atoms with Crippen molar-refractivity contribution in [1.29, 1.82) is 0 Å². The summed E-state index contributed by atoms with van der Waals surface area (Å²) in [5, 5.41) is 15.1. The summed E-state index contributed by atoms with van der Waals surface area (Å²) in [5.74, 6) is 1.01. The molecule has 1 heterocycles. The Morgan fingerprint density at radius 1 is 1.33 bits per heavy atom. The SMILES string of the molecule is COc1ccccc1N1CC[C@H](NC(=O)N[C@@H]2C=C[C@H](CO)C2)C1. The number of aliphatic hydroxyl groups excluding tert-OH is 1. The molecule has 1 fully saturated rings. The number of carbonyl (C=O) groups is 1. The molecular formula is C18H25N3O3. The predicted molar refractivity (Wildman–Crippen MR) is 93.4 cm³/mol. The molecule has 130 valence electrons. The van der Waals surface area contributed by atoms with Gasteiger partial charge in [0.1, 0.15) is 5.75 Å². The number of methoxy groups -OCH3 is 1. The zero-order chi connectivity index (χ0) is 16.9. The molecule has 1 aromatic carbocycles. The highest BCUT2D eigenvalue weighted by molar-refractivity contribution is 5.75. The monoisotopic (exact) mass is 331 g/mol. The van der Waals surface area contributed by atoms with Crippen molar-refractivity contribution in [3.05, 3.63) is 36.4 Å². The van der Waals surface area contributed by atoms with E-state index in [1.165, 1.54) is 0 Å². The Balaban J connectivity index is 1.49. The zero-order valence-electron chi connectivity index (χ0n) is 13.9. The van der Waals surface area contributed by atoms with Gasteiger partial charge in [-0.3, -0.25) is 0 Å². The molecule has 24 heavy (non-hydrogen) atoms. The van der Waals surface area contributed by atoms with Crippen LogP contribution in [0.15, 0.2) is 36.4 Å². The van der Waals surface area contributed by atoms with Crippen LogP contribution in [0, 0.1) is 5.92 Å². The second-order valence-electron chi connectivity index (χ2n) is 6.39. The fourth-order valence-electron chi connectivity index (χ4n) is 3.40. The van der Waals surface area contributed by atoms with Crippen LogP contribution in [0.25, 0.3) is 0 Å². The van der Waals surface area contributed by atoms with Crippen LogP contribution in [0.1, 0.15) is 12.8 Å². The van der Waals surface area contributed by atoms with Gasteiger partial charge in [0.05, 0.1) is 12.8 Å². The highest BCUT2D eigenvalue weighted by atomic mass is 16.5. The van der Waals surface area contributed by atoms with E-state index in [1.54, 1.807) is 7.11 Å². The minimum atomic E-state index is -0.143. The molecule has 6 heteroatoms. The maximum Gasteiger partial charge on any atom is 0.315 e. The van der Waals surface area contributed by atoms with Gasteiger partial charge in [0.2, 0.25) is 0 Å². The lowest BCUT2D eigenvalue weighted by atomic mass is 10.1. The predicted octanol–water partition coefficient (Wildman–Crippen LogP) is 1.51. The highest BCUT2D eigenvalue weighted by Gasteiger charge is 2.27. The van der Waals surface area contributed by atoms with E-state index in [2.05, 4.69) is 15.5 Å². The lowest BCUT2D eigenvalue weighted by molar-refractivity contribution is 0.229. The number of rotatable bonds is 5. The van der Waals surface area contributed by atoms with E-state index in [0.29, 0.717) is 0 Å². The molecule has 1 aromatic rings. The van der Waals surface area contributed by atoms with E-state index in [9.17, 15) is 4.79 Å². The van der Waals surface area contributed by atoms with E-state index in [-0.39, 0.29) is 30.6 Å². The first-order chi connectivity index (χ1) is 11.7. The van der Waals surface area contributed by atoms with Gasteiger partial charge >= 0.3 is 6.03 Å². The maximum atomic E-state index is 12.2. The number of anilines is 1.